The molecule has 2 N–H and O–H groups in total. The molecule has 6 heteroatoms. The van der Waals surface area contributed by atoms with Crippen molar-refractivity contribution >= 4 is 17.6 Å². The summed E-state index contributed by atoms with van der Waals surface area (Å²) in [4.78, 5) is 11.4. The lowest BCUT2D eigenvalue weighted by atomic mass is 9.89. The normalized spacial score (nSPS) is 24.2. The monoisotopic (exact) mass is 257 g/mol. The van der Waals surface area contributed by atoms with Gasteiger partial charge in [-0.25, -0.2) is 0 Å². The number of carboxylic acid groups (broad SMARTS) is 1. The van der Waals surface area contributed by atoms with E-state index >= 15 is 0 Å². The first kappa shape index (κ1) is 12.4. The van der Waals surface area contributed by atoms with Crippen LogP contribution in [0.1, 0.15) is 24.1 Å². The molecule has 0 radical (unpaired) electrons. The number of carbonyl (C=O) groups is 1. The summed E-state index contributed by atoms with van der Waals surface area (Å²) < 4.78 is 1.58. The smallest absolute Gasteiger partial charge is 0.324 e. The van der Waals surface area contributed by atoms with Crippen molar-refractivity contribution in [3.8, 4) is 0 Å². The number of nitrogens with zero attached hydrogens (tertiary/aromatic N) is 2. The summed E-state index contributed by atoms with van der Waals surface area (Å²) in [5.41, 5.74) is 0.745. The molecule has 1 unspecified atom stereocenters. The third-order valence-corrected chi connectivity index (χ3v) is 3.87. The SMILES string of the molecule is Cc1nn(C)c(Cl)c1CC1(C(=O)O)CCCN1. The van der Waals surface area contributed by atoms with Crippen LogP contribution in [-0.2, 0) is 18.3 Å². The van der Waals surface area contributed by atoms with Gasteiger partial charge in [0, 0.05) is 19.0 Å². The Labute approximate surface area is 105 Å². The summed E-state index contributed by atoms with van der Waals surface area (Å²) in [5, 5.41) is 17.2. The molecule has 2 heterocycles. The molecule has 17 heavy (non-hydrogen) atoms. The van der Waals surface area contributed by atoms with Gasteiger partial charge in [0.1, 0.15) is 10.7 Å². The molecule has 0 spiro atoms. The van der Waals surface area contributed by atoms with E-state index < -0.39 is 11.5 Å². The summed E-state index contributed by atoms with van der Waals surface area (Å²) in [6, 6.07) is 0. The van der Waals surface area contributed by atoms with Crippen molar-refractivity contribution < 1.29 is 9.90 Å². The number of aryl methyl sites for hydroxylation is 2. The van der Waals surface area contributed by atoms with Crippen LogP contribution >= 0.6 is 11.6 Å². The van der Waals surface area contributed by atoms with Crippen molar-refractivity contribution in [2.45, 2.75) is 31.7 Å². The van der Waals surface area contributed by atoms with E-state index in [4.69, 9.17) is 11.6 Å². The van der Waals surface area contributed by atoms with Gasteiger partial charge in [-0.05, 0) is 26.3 Å². The predicted octanol–water partition coefficient (Wildman–Crippen LogP) is 1.13. The number of rotatable bonds is 3. The number of aliphatic carboxylic acids is 1. The van der Waals surface area contributed by atoms with Gasteiger partial charge in [-0.1, -0.05) is 11.6 Å². The van der Waals surface area contributed by atoms with Crippen LogP contribution in [-0.4, -0.2) is 32.9 Å². The molecule has 1 aromatic heterocycles. The second-order valence-electron chi connectivity index (χ2n) is 4.57. The van der Waals surface area contributed by atoms with Crippen LogP contribution in [0.3, 0.4) is 0 Å². The summed E-state index contributed by atoms with van der Waals surface area (Å²) in [7, 11) is 1.76. The van der Waals surface area contributed by atoms with E-state index in [0.717, 1.165) is 24.2 Å². The minimum Gasteiger partial charge on any atom is -0.480 e. The minimum absolute atomic E-state index is 0.390. The lowest BCUT2D eigenvalue weighted by Gasteiger charge is -2.24. The molecule has 1 aromatic rings. The highest BCUT2D eigenvalue weighted by Gasteiger charge is 2.42. The molecule has 1 atom stereocenters. The van der Waals surface area contributed by atoms with Crippen molar-refractivity contribution in [3.05, 3.63) is 16.4 Å². The molecule has 0 aliphatic carbocycles. The molecule has 0 saturated carbocycles. The maximum Gasteiger partial charge on any atom is 0.324 e. The van der Waals surface area contributed by atoms with E-state index in [2.05, 4.69) is 10.4 Å². The molecule has 1 fully saturated rings. The van der Waals surface area contributed by atoms with Crippen LogP contribution in [0, 0.1) is 6.92 Å². The van der Waals surface area contributed by atoms with Crippen LogP contribution in [0.25, 0.3) is 0 Å². The van der Waals surface area contributed by atoms with Gasteiger partial charge in [0.2, 0.25) is 0 Å². The zero-order chi connectivity index (χ0) is 12.6. The molecule has 94 valence electrons. The van der Waals surface area contributed by atoms with Gasteiger partial charge in [0.15, 0.2) is 0 Å². The van der Waals surface area contributed by atoms with E-state index in [1.165, 1.54) is 0 Å². The van der Waals surface area contributed by atoms with Crippen LogP contribution in [0.15, 0.2) is 0 Å². The molecule has 0 amide bonds. The van der Waals surface area contributed by atoms with E-state index in [0.29, 0.717) is 18.0 Å². The van der Waals surface area contributed by atoms with Crippen LogP contribution < -0.4 is 5.32 Å². The fourth-order valence-corrected chi connectivity index (χ4v) is 2.63. The first-order valence-corrected chi connectivity index (χ1v) is 6.00. The van der Waals surface area contributed by atoms with Crippen molar-refractivity contribution in [3.63, 3.8) is 0 Å². The molecule has 1 aliphatic heterocycles. The second-order valence-corrected chi connectivity index (χ2v) is 4.93. The number of halogens is 1. The highest BCUT2D eigenvalue weighted by atomic mass is 35.5. The van der Waals surface area contributed by atoms with Gasteiger partial charge < -0.3 is 10.4 Å². The number of nitrogens with one attached hydrogen (secondary N) is 1. The van der Waals surface area contributed by atoms with Crippen molar-refractivity contribution in [2.75, 3.05) is 6.54 Å². The summed E-state index contributed by atoms with van der Waals surface area (Å²) in [6.07, 6.45) is 1.90. The standard InChI is InChI=1S/C11H16ClN3O2/c1-7-8(9(12)15(2)14-7)6-11(10(16)17)4-3-5-13-11/h13H,3-6H2,1-2H3,(H,16,17). The average Bonchev–Trinajstić information content (AvgIpc) is 2.81. The van der Waals surface area contributed by atoms with E-state index in [9.17, 15) is 9.90 Å². The van der Waals surface area contributed by atoms with Crippen LogP contribution in [0.4, 0.5) is 0 Å². The molecular formula is C11H16ClN3O2. The molecule has 1 saturated heterocycles. The lowest BCUT2D eigenvalue weighted by Crippen LogP contribution is -2.49. The van der Waals surface area contributed by atoms with Gasteiger partial charge in [0.25, 0.3) is 0 Å². The zero-order valence-corrected chi connectivity index (χ0v) is 10.7. The first-order chi connectivity index (χ1) is 7.96. The summed E-state index contributed by atoms with van der Waals surface area (Å²) >= 11 is 6.14. The van der Waals surface area contributed by atoms with Crippen molar-refractivity contribution in [2.24, 2.45) is 7.05 Å². The molecule has 1 aliphatic rings. The molecule has 0 aromatic carbocycles. The minimum atomic E-state index is -0.878. The Kier molecular flexibility index (Phi) is 3.14. The third-order valence-electron chi connectivity index (χ3n) is 3.40. The Morgan fingerprint density at radius 1 is 1.71 bits per heavy atom. The average molecular weight is 258 g/mol. The van der Waals surface area contributed by atoms with Gasteiger partial charge >= 0.3 is 5.97 Å². The molecule has 0 bridgehead atoms. The van der Waals surface area contributed by atoms with Gasteiger partial charge in [-0.2, -0.15) is 5.10 Å². The lowest BCUT2D eigenvalue weighted by molar-refractivity contribution is -0.144. The summed E-state index contributed by atoms with van der Waals surface area (Å²) in [5.74, 6) is -0.811. The van der Waals surface area contributed by atoms with E-state index in [1.54, 1.807) is 11.7 Å². The largest absolute Gasteiger partial charge is 0.480 e. The van der Waals surface area contributed by atoms with Gasteiger partial charge in [-0.15, -0.1) is 0 Å². The van der Waals surface area contributed by atoms with Crippen molar-refractivity contribution in [1.82, 2.24) is 15.1 Å². The second kappa shape index (κ2) is 4.31. The fourth-order valence-electron chi connectivity index (χ4n) is 2.39. The molecule has 2 rings (SSSR count). The highest BCUT2D eigenvalue weighted by molar-refractivity contribution is 6.30. The Morgan fingerprint density at radius 3 is 2.82 bits per heavy atom. The first-order valence-electron chi connectivity index (χ1n) is 5.63. The summed E-state index contributed by atoms with van der Waals surface area (Å²) in [6.45, 7) is 2.59. The highest BCUT2D eigenvalue weighted by Crippen LogP contribution is 2.29. The third kappa shape index (κ3) is 2.05. The number of hydrogen-bond acceptors (Lipinski definition) is 3. The van der Waals surface area contributed by atoms with Gasteiger partial charge in [0.05, 0.1) is 5.69 Å². The topological polar surface area (TPSA) is 67.2 Å². The number of carboxylic acids is 1. The maximum atomic E-state index is 11.4. The number of hydrogen-bond donors (Lipinski definition) is 2. The molecule has 5 nitrogen and oxygen atoms in total. The Morgan fingerprint density at radius 2 is 2.41 bits per heavy atom. The van der Waals surface area contributed by atoms with Crippen LogP contribution in [0.5, 0.6) is 0 Å². The van der Waals surface area contributed by atoms with E-state index in [1.807, 2.05) is 6.92 Å². The fraction of sp³-hybridized carbons (Fsp3) is 0.636. The Balaban J connectivity index is 2.33. The zero-order valence-electron chi connectivity index (χ0n) is 9.96. The number of aromatic nitrogens is 2. The quantitative estimate of drug-likeness (QED) is 0.852. The van der Waals surface area contributed by atoms with Crippen molar-refractivity contribution in [1.29, 1.82) is 0 Å². The van der Waals surface area contributed by atoms with Gasteiger partial charge in [-0.3, -0.25) is 9.48 Å². The molecular weight excluding hydrogens is 242 g/mol. The Bertz CT molecular complexity index is 450. The van der Waals surface area contributed by atoms with E-state index in [-0.39, 0.29) is 0 Å². The Hall–Kier alpha value is -1.07. The predicted molar refractivity (Wildman–Crippen MR) is 64.3 cm³/mol. The van der Waals surface area contributed by atoms with Crippen LogP contribution in [0.2, 0.25) is 5.15 Å². The maximum absolute atomic E-state index is 11.4.